The monoisotopic (exact) mass is 484 g/mol. The molecule has 2 fully saturated rings. The second kappa shape index (κ2) is 9.97. The minimum absolute atomic E-state index is 0.110. The number of carbonyl (C=O) groups excluding carboxylic acids is 1. The normalized spacial score (nSPS) is 22.7. The minimum atomic E-state index is -0.152. The summed E-state index contributed by atoms with van der Waals surface area (Å²) in [6, 6.07) is 3.85. The van der Waals surface area contributed by atoms with Crippen LogP contribution in [-0.2, 0) is 4.79 Å². The lowest BCUT2D eigenvalue weighted by Gasteiger charge is -2.36. The third kappa shape index (κ3) is 5.01. The lowest BCUT2D eigenvalue weighted by atomic mass is 9.91. The Morgan fingerprint density at radius 3 is 2.61 bits per heavy atom. The van der Waals surface area contributed by atoms with Crippen LogP contribution in [0.1, 0.15) is 57.6 Å². The van der Waals surface area contributed by atoms with Gasteiger partial charge in [0.15, 0.2) is 0 Å². The van der Waals surface area contributed by atoms with E-state index in [0.717, 1.165) is 44.3 Å². The summed E-state index contributed by atoms with van der Waals surface area (Å²) in [6.07, 6.45) is 7.75. The molecule has 33 heavy (non-hydrogen) atoms. The standard InChI is InChI=1S/C25H32N4O2S2/c1-5-6-7-10-28-24(31)20(33-25(28)32)12-19-22(27-13-17(3)11-18(4)14-27)26-21-9-8-16(2)15-29(21)23(19)30/h8-9,12,15,17-18H,5-7,10-11,13-14H2,1-4H3/b20-12-/t17-,18-/m1/s1. The minimum Gasteiger partial charge on any atom is -0.355 e. The number of piperidine rings is 1. The molecule has 0 N–H and O–H groups in total. The first kappa shape index (κ1) is 24.0. The number of fused-ring (bicyclic) bond motifs is 1. The summed E-state index contributed by atoms with van der Waals surface area (Å²) >= 11 is 6.78. The zero-order valence-electron chi connectivity index (χ0n) is 19.8. The molecule has 2 atom stereocenters. The lowest BCUT2D eigenvalue weighted by molar-refractivity contribution is -0.122. The molecular formula is C25H32N4O2S2. The Morgan fingerprint density at radius 1 is 1.18 bits per heavy atom. The van der Waals surface area contributed by atoms with Crippen LogP contribution < -0.4 is 10.5 Å². The van der Waals surface area contributed by atoms with Crippen molar-refractivity contribution in [3.8, 4) is 0 Å². The molecule has 0 radical (unpaired) electrons. The smallest absolute Gasteiger partial charge is 0.267 e. The molecule has 0 spiro atoms. The third-order valence-corrected chi connectivity index (χ3v) is 7.67. The fraction of sp³-hybridized carbons (Fsp3) is 0.520. The number of rotatable bonds is 6. The van der Waals surface area contributed by atoms with E-state index >= 15 is 0 Å². The Balaban J connectivity index is 1.80. The Labute approximate surface area is 205 Å². The van der Waals surface area contributed by atoms with Gasteiger partial charge in [0.05, 0.1) is 10.5 Å². The number of aromatic nitrogens is 2. The molecule has 2 aliphatic heterocycles. The Kier molecular flexibility index (Phi) is 7.24. The Hall–Kier alpha value is -2.19. The highest BCUT2D eigenvalue weighted by Gasteiger charge is 2.33. The zero-order valence-corrected chi connectivity index (χ0v) is 21.5. The lowest BCUT2D eigenvalue weighted by Crippen LogP contribution is -2.40. The molecule has 8 heteroatoms. The van der Waals surface area contributed by atoms with Gasteiger partial charge in [-0.3, -0.25) is 18.9 Å². The van der Waals surface area contributed by atoms with Crippen molar-refractivity contribution in [3.05, 3.63) is 44.7 Å². The van der Waals surface area contributed by atoms with Crippen LogP contribution in [0.25, 0.3) is 11.7 Å². The largest absolute Gasteiger partial charge is 0.355 e. The molecule has 2 aromatic heterocycles. The van der Waals surface area contributed by atoms with Crippen molar-refractivity contribution in [2.75, 3.05) is 24.5 Å². The summed E-state index contributed by atoms with van der Waals surface area (Å²) in [4.78, 5) is 36.1. The number of hydrogen-bond donors (Lipinski definition) is 0. The average Bonchev–Trinajstić information content (AvgIpc) is 3.02. The van der Waals surface area contributed by atoms with Gasteiger partial charge < -0.3 is 4.90 Å². The molecule has 176 valence electrons. The van der Waals surface area contributed by atoms with Crippen LogP contribution in [0.2, 0.25) is 0 Å². The van der Waals surface area contributed by atoms with Crippen molar-refractivity contribution >= 4 is 51.7 Å². The van der Waals surface area contributed by atoms with E-state index in [4.69, 9.17) is 17.2 Å². The van der Waals surface area contributed by atoms with Gasteiger partial charge in [0, 0.05) is 25.8 Å². The number of amides is 1. The van der Waals surface area contributed by atoms with Gasteiger partial charge in [-0.15, -0.1) is 0 Å². The second-order valence-corrected chi connectivity index (χ2v) is 11.2. The number of carbonyl (C=O) groups is 1. The number of nitrogens with zero attached hydrogens (tertiary/aromatic N) is 4. The maximum Gasteiger partial charge on any atom is 0.267 e. The van der Waals surface area contributed by atoms with Gasteiger partial charge in [-0.05, 0) is 49.3 Å². The predicted molar refractivity (Wildman–Crippen MR) is 141 cm³/mol. The zero-order chi connectivity index (χ0) is 23.7. The highest BCUT2D eigenvalue weighted by molar-refractivity contribution is 8.26. The quantitative estimate of drug-likeness (QED) is 0.331. The van der Waals surface area contributed by atoms with Crippen LogP contribution in [0.5, 0.6) is 0 Å². The highest BCUT2D eigenvalue weighted by atomic mass is 32.2. The number of anilines is 1. The molecule has 4 heterocycles. The van der Waals surface area contributed by atoms with Crippen LogP contribution in [0.4, 0.5) is 5.82 Å². The molecule has 2 aromatic rings. The first-order valence-corrected chi connectivity index (χ1v) is 13.0. The first-order valence-electron chi connectivity index (χ1n) is 11.8. The van der Waals surface area contributed by atoms with Gasteiger partial charge in [-0.25, -0.2) is 4.98 Å². The van der Waals surface area contributed by atoms with E-state index in [-0.39, 0.29) is 11.5 Å². The van der Waals surface area contributed by atoms with Crippen molar-refractivity contribution in [3.63, 3.8) is 0 Å². The van der Waals surface area contributed by atoms with E-state index in [2.05, 4.69) is 25.7 Å². The summed E-state index contributed by atoms with van der Waals surface area (Å²) in [5.74, 6) is 1.58. The second-order valence-electron chi connectivity index (χ2n) is 9.48. The molecule has 2 saturated heterocycles. The van der Waals surface area contributed by atoms with Gasteiger partial charge in [0.1, 0.15) is 15.8 Å². The topological polar surface area (TPSA) is 57.9 Å². The Morgan fingerprint density at radius 2 is 1.91 bits per heavy atom. The molecule has 0 unspecified atom stereocenters. The number of thiocarbonyl (C=S) groups is 1. The molecule has 0 aromatic carbocycles. The summed E-state index contributed by atoms with van der Waals surface area (Å²) in [7, 11) is 0. The average molecular weight is 485 g/mol. The molecule has 1 amide bonds. The third-order valence-electron chi connectivity index (χ3n) is 6.29. The van der Waals surface area contributed by atoms with Crippen LogP contribution in [-0.4, -0.2) is 44.1 Å². The summed E-state index contributed by atoms with van der Waals surface area (Å²) in [6.45, 7) is 10.9. The molecule has 0 aliphatic carbocycles. The van der Waals surface area contributed by atoms with E-state index in [1.54, 1.807) is 15.4 Å². The van der Waals surface area contributed by atoms with E-state index in [0.29, 0.717) is 44.6 Å². The van der Waals surface area contributed by atoms with E-state index in [9.17, 15) is 9.59 Å². The van der Waals surface area contributed by atoms with Gasteiger partial charge in [-0.1, -0.05) is 63.7 Å². The van der Waals surface area contributed by atoms with Crippen molar-refractivity contribution in [2.45, 2.75) is 53.4 Å². The van der Waals surface area contributed by atoms with Crippen LogP contribution >= 0.6 is 24.0 Å². The molecule has 2 aliphatic rings. The van der Waals surface area contributed by atoms with Crippen LogP contribution in [0, 0.1) is 18.8 Å². The van der Waals surface area contributed by atoms with Crippen molar-refractivity contribution < 1.29 is 4.79 Å². The maximum atomic E-state index is 13.7. The van der Waals surface area contributed by atoms with Crippen LogP contribution in [0.3, 0.4) is 0 Å². The fourth-order valence-corrected chi connectivity index (χ4v) is 6.08. The van der Waals surface area contributed by atoms with Crippen molar-refractivity contribution in [2.24, 2.45) is 11.8 Å². The SMILES string of the molecule is CCCCCN1C(=O)/C(=C/c2c(N3C[C@H](C)C[C@@H](C)C3)nc3ccc(C)cn3c2=O)SC1=S. The number of aryl methyl sites for hydroxylation is 1. The molecule has 0 saturated carbocycles. The van der Waals surface area contributed by atoms with Gasteiger partial charge >= 0.3 is 0 Å². The summed E-state index contributed by atoms with van der Waals surface area (Å²) in [5.41, 5.74) is 1.91. The van der Waals surface area contributed by atoms with Gasteiger partial charge in [0.25, 0.3) is 11.5 Å². The Bertz CT molecular complexity index is 1160. The molecule has 4 rings (SSSR count). The molecular weight excluding hydrogens is 452 g/mol. The summed E-state index contributed by atoms with van der Waals surface area (Å²) < 4.78 is 2.15. The van der Waals surface area contributed by atoms with Crippen LogP contribution in [0.15, 0.2) is 28.0 Å². The molecule has 6 nitrogen and oxygen atoms in total. The van der Waals surface area contributed by atoms with Gasteiger partial charge in [-0.2, -0.15) is 0 Å². The highest BCUT2D eigenvalue weighted by Crippen LogP contribution is 2.34. The maximum absolute atomic E-state index is 13.7. The number of thioether (sulfide) groups is 1. The van der Waals surface area contributed by atoms with E-state index < -0.39 is 0 Å². The number of hydrogen-bond acceptors (Lipinski definition) is 6. The number of unbranched alkanes of at least 4 members (excludes halogenated alkanes) is 2. The van der Waals surface area contributed by atoms with E-state index in [1.165, 1.54) is 11.8 Å². The van der Waals surface area contributed by atoms with Gasteiger partial charge in [0.2, 0.25) is 0 Å². The predicted octanol–water partition coefficient (Wildman–Crippen LogP) is 4.88. The van der Waals surface area contributed by atoms with E-state index in [1.807, 2.05) is 25.3 Å². The number of pyridine rings is 1. The first-order chi connectivity index (χ1) is 15.8. The van der Waals surface area contributed by atoms with Crippen molar-refractivity contribution in [1.29, 1.82) is 0 Å². The van der Waals surface area contributed by atoms with Crippen molar-refractivity contribution in [1.82, 2.24) is 14.3 Å². The summed E-state index contributed by atoms with van der Waals surface area (Å²) in [5, 5.41) is 0. The fourth-order valence-electron chi connectivity index (χ4n) is 4.79. The molecule has 0 bridgehead atoms.